The van der Waals surface area contributed by atoms with Crippen molar-refractivity contribution in [2.24, 2.45) is 0 Å². The minimum Gasteiger partial charge on any atom is -0.354 e. The molecule has 0 saturated heterocycles. The molecule has 0 spiro atoms. The molecule has 0 bridgehead atoms. The number of hydrogen-bond donors (Lipinski definition) is 1. The molecule has 0 heterocycles. The van der Waals surface area contributed by atoms with E-state index in [0.29, 0.717) is 40.7 Å². The van der Waals surface area contributed by atoms with Gasteiger partial charge in [-0.25, -0.2) is 8.42 Å². The molecule has 0 unspecified atom stereocenters. The fourth-order valence-electron chi connectivity index (χ4n) is 4.54. The Morgan fingerprint density at radius 1 is 0.902 bits per heavy atom. The molecule has 10 heteroatoms. The second-order valence-corrected chi connectivity index (χ2v) is 12.4. The van der Waals surface area contributed by atoms with Gasteiger partial charge in [-0.05, 0) is 62.1 Å². The lowest BCUT2D eigenvalue weighted by Crippen LogP contribution is -2.52. The highest BCUT2D eigenvalue weighted by molar-refractivity contribution is 7.92. The van der Waals surface area contributed by atoms with E-state index < -0.39 is 28.5 Å². The van der Waals surface area contributed by atoms with Gasteiger partial charge < -0.3 is 10.2 Å². The minimum atomic E-state index is -4.15. The molecule has 41 heavy (non-hydrogen) atoms. The predicted octanol–water partition coefficient (Wildman–Crippen LogP) is 6.39. The maximum absolute atomic E-state index is 14.2. The molecule has 0 aliphatic carbocycles. The van der Waals surface area contributed by atoms with Crippen LogP contribution in [0.3, 0.4) is 0 Å². The van der Waals surface area contributed by atoms with Gasteiger partial charge in [0.25, 0.3) is 10.0 Å². The largest absolute Gasteiger partial charge is 0.354 e. The van der Waals surface area contributed by atoms with Gasteiger partial charge in [0, 0.05) is 28.7 Å². The van der Waals surface area contributed by atoms with Crippen LogP contribution < -0.4 is 9.62 Å². The summed E-state index contributed by atoms with van der Waals surface area (Å²) in [4.78, 5) is 28.9. The van der Waals surface area contributed by atoms with Crippen molar-refractivity contribution in [3.8, 4) is 0 Å². The molecule has 3 rings (SSSR count). The highest BCUT2D eigenvalue weighted by atomic mass is 35.5. The first kappa shape index (κ1) is 32.4. The highest BCUT2D eigenvalue weighted by Gasteiger charge is 2.34. The number of halogens is 2. The number of sulfonamides is 1. The summed E-state index contributed by atoms with van der Waals surface area (Å²) in [7, 11) is -4.15. The topological polar surface area (TPSA) is 86.8 Å². The molecular formula is C31H37Cl2N3O4S. The molecule has 220 valence electrons. The van der Waals surface area contributed by atoms with Gasteiger partial charge in [-0.2, -0.15) is 0 Å². The zero-order valence-electron chi connectivity index (χ0n) is 23.9. The zero-order valence-corrected chi connectivity index (χ0v) is 26.2. The maximum Gasteiger partial charge on any atom is 0.264 e. The van der Waals surface area contributed by atoms with Gasteiger partial charge in [-0.15, -0.1) is 0 Å². The first-order valence-corrected chi connectivity index (χ1v) is 15.9. The van der Waals surface area contributed by atoms with Crippen molar-refractivity contribution in [1.29, 1.82) is 0 Å². The quantitative estimate of drug-likeness (QED) is 0.241. The van der Waals surface area contributed by atoms with Crippen LogP contribution in [-0.4, -0.2) is 44.3 Å². The second kappa shape index (κ2) is 14.7. The van der Waals surface area contributed by atoms with Crippen molar-refractivity contribution in [2.45, 2.75) is 64.4 Å². The summed E-state index contributed by atoms with van der Waals surface area (Å²) >= 11 is 12.9. The molecule has 1 N–H and O–H groups in total. The summed E-state index contributed by atoms with van der Waals surface area (Å²) in [6.45, 7) is 7.40. The monoisotopic (exact) mass is 617 g/mol. The summed E-state index contributed by atoms with van der Waals surface area (Å²) < 4.78 is 29.3. The third-order valence-electron chi connectivity index (χ3n) is 6.85. The lowest BCUT2D eigenvalue weighted by Gasteiger charge is -2.34. The highest BCUT2D eigenvalue weighted by Crippen LogP contribution is 2.30. The number of nitrogens with zero attached hydrogens (tertiary/aromatic N) is 2. The molecule has 0 fully saturated rings. The molecule has 0 aliphatic rings. The summed E-state index contributed by atoms with van der Waals surface area (Å²) in [5, 5.41) is 3.56. The standard InChI is InChI=1S/C31H37Cl2N3O4S/c1-5-19-34-31(38)28(7-3)35(20-25-26(32)12-10-13-27(25)33)30(37)21-36(29-14-9-8-11-23(29)6-2)41(39,40)24-17-15-22(4)16-18-24/h8-18,28H,5-7,19-21H2,1-4H3,(H,34,38)/t28-/m1/s1. The summed E-state index contributed by atoms with van der Waals surface area (Å²) in [6, 6.07) is 17.8. The number of amides is 2. The van der Waals surface area contributed by atoms with Gasteiger partial charge >= 0.3 is 0 Å². The number of rotatable bonds is 13. The van der Waals surface area contributed by atoms with E-state index in [4.69, 9.17) is 23.2 Å². The molecule has 3 aromatic rings. The normalized spacial score (nSPS) is 12.0. The van der Waals surface area contributed by atoms with Crippen LogP contribution in [0.1, 0.15) is 50.3 Å². The van der Waals surface area contributed by atoms with Crippen LogP contribution in [0.2, 0.25) is 10.0 Å². The van der Waals surface area contributed by atoms with Crippen LogP contribution in [0.15, 0.2) is 71.6 Å². The van der Waals surface area contributed by atoms with Crippen LogP contribution >= 0.6 is 23.2 Å². The molecule has 3 aromatic carbocycles. The van der Waals surface area contributed by atoms with Crippen LogP contribution in [0.4, 0.5) is 5.69 Å². The van der Waals surface area contributed by atoms with Crippen molar-refractivity contribution in [2.75, 3.05) is 17.4 Å². The predicted molar refractivity (Wildman–Crippen MR) is 166 cm³/mol. The van der Waals surface area contributed by atoms with Gasteiger partial charge in [0.2, 0.25) is 11.8 Å². The van der Waals surface area contributed by atoms with E-state index in [1.165, 1.54) is 17.0 Å². The Labute approximate surface area is 253 Å². The molecule has 7 nitrogen and oxygen atoms in total. The van der Waals surface area contributed by atoms with E-state index in [2.05, 4.69) is 5.32 Å². The number of hydrogen-bond acceptors (Lipinski definition) is 4. The van der Waals surface area contributed by atoms with Crippen molar-refractivity contribution in [1.82, 2.24) is 10.2 Å². The van der Waals surface area contributed by atoms with Crippen molar-refractivity contribution in [3.05, 3.63) is 93.5 Å². The Morgan fingerprint density at radius 3 is 2.12 bits per heavy atom. The van der Waals surface area contributed by atoms with Gasteiger partial charge in [-0.3, -0.25) is 13.9 Å². The number of para-hydroxylation sites is 1. The smallest absolute Gasteiger partial charge is 0.264 e. The van der Waals surface area contributed by atoms with E-state index >= 15 is 0 Å². The number of aryl methyl sites for hydroxylation is 2. The molecular weight excluding hydrogens is 581 g/mol. The average Bonchev–Trinajstić information content (AvgIpc) is 2.96. The molecule has 0 saturated carbocycles. The van der Waals surface area contributed by atoms with Crippen molar-refractivity contribution in [3.63, 3.8) is 0 Å². The second-order valence-electron chi connectivity index (χ2n) is 9.74. The van der Waals surface area contributed by atoms with Crippen LogP contribution in [0.25, 0.3) is 0 Å². The van der Waals surface area contributed by atoms with E-state index in [-0.39, 0.29) is 17.3 Å². The Morgan fingerprint density at radius 2 is 1.54 bits per heavy atom. The number of carbonyl (C=O) groups excluding carboxylic acids is 2. The van der Waals surface area contributed by atoms with E-state index in [9.17, 15) is 18.0 Å². The maximum atomic E-state index is 14.2. The molecule has 0 aliphatic heterocycles. The lowest BCUT2D eigenvalue weighted by molar-refractivity contribution is -0.140. The number of nitrogens with one attached hydrogen (secondary N) is 1. The molecule has 0 aromatic heterocycles. The van der Waals surface area contributed by atoms with Crippen LogP contribution in [-0.2, 0) is 32.6 Å². The Hall–Kier alpha value is -3.07. The number of anilines is 1. The first-order chi connectivity index (χ1) is 19.5. The Balaban J connectivity index is 2.13. The number of carbonyl (C=O) groups is 2. The van der Waals surface area contributed by atoms with Gasteiger partial charge in [-0.1, -0.05) is 85.9 Å². The van der Waals surface area contributed by atoms with Gasteiger partial charge in [0.15, 0.2) is 0 Å². The zero-order chi connectivity index (χ0) is 30.2. The average molecular weight is 619 g/mol. The lowest BCUT2D eigenvalue weighted by atomic mass is 10.1. The van der Waals surface area contributed by atoms with E-state index in [1.54, 1.807) is 49.4 Å². The summed E-state index contributed by atoms with van der Waals surface area (Å²) in [5.41, 5.74) is 2.56. The third kappa shape index (κ3) is 7.82. The van der Waals surface area contributed by atoms with Gasteiger partial charge in [0.1, 0.15) is 12.6 Å². The van der Waals surface area contributed by atoms with Crippen LogP contribution in [0, 0.1) is 6.92 Å². The van der Waals surface area contributed by atoms with Gasteiger partial charge in [0.05, 0.1) is 10.6 Å². The number of benzene rings is 3. The summed E-state index contributed by atoms with van der Waals surface area (Å²) in [5.74, 6) is -0.881. The molecule has 0 radical (unpaired) electrons. The Bertz CT molecular complexity index is 1440. The molecule has 1 atom stereocenters. The van der Waals surface area contributed by atoms with Crippen molar-refractivity contribution < 1.29 is 18.0 Å². The first-order valence-electron chi connectivity index (χ1n) is 13.7. The van der Waals surface area contributed by atoms with Crippen LogP contribution in [0.5, 0.6) is 0 Å². The third-order valence-corrected chi connectivity index (χ3v) is 9.34. The van der Waals surface area contributed by atoms with E-state index in [1.807, 2.05) is 32.9 Å². The fraction of sp³-hybridized carbons (Fsp3) is 0.355. The fourth-order valence-corrected chi connectivity index (χ4v) is 6.51. The van der Waals surface area contributed by atoms with Crippen molar-refractivity contribution >= 4 is 50.7 Å². The molecule has 2 amide bonds. The minimum absolute atomic E-state index is 0.0650. The van der Waals surface area contributed by atoms with E-state index in [0.717, 1.165) is 21.9 Å². The Kier molecular flexibility index (Phi) is 11.6. The summed E-state index contributed by atoms with van der Waals surface area (Å²) in [6.07, 6.45) is 1.59. The SMILES string of the molecule is CCCNC(=O)[C@@H](CC)N(Cc1c(Cl)cccc1Cl)C(=O)CN(c1ccccc1CC)S(=O)(=O)c1ccc(C)cc1.